The Morgan fingerprint density at radius 2 is 2.40 bits per heavy atom. The van der Waals surface area contributed by atoms with E-state index < -0.39 is 33.3 Å². The van der Waals surface area contributed by atoms with Crippen molar-refractivity contribution in [3.05, 3.63) is 36.3 Å². The van der Waals surface area contributed by atoms with Crippen LogP contribution in [0.2, 0.25) is 0 Å². The second-order valence-electron chi connectivity index (χ2n) is 5.98. The molecule has 0 saturated carbocycles. The van der Waals surface area contributed by atoms with Crippen molar-refractivity contribution in [2.75, 3.05) is 19.4 Å². The first-order valence-corrected chi connectivity index (χ1v) is 10.5. The maximum Gasteiger partial charge on any atom is 0.410 e. The molecule has 2 aromatic rings. The Morgan fingerprint density at radius 1 is 1.64 bits per heavy atom. The fraction of sp³-hybridized carbons (Fsp3) is 0.467. The minimum absolute atomic E-state index is 0.00621. The van der Waals surface area contributed by atoms with Gasteiger partial charge in [0.05, 0.1) is 23.2 Å². The normalized spacial score (nSPS) is 22.2. The van der Waals surface area contributed by atoms with Crippen LogP contribution in [0.4, 0.5) is 4.79 Å². The number of thiazole rings is 1. The van der Waals surface area contributed by atoms with Crippen molar-refractivity contribution in [1.29, 1.82) is 0 Å². The lowest BCUT2D eigenvalue weighted by molar-refractivity contribution is 0.0529. The molecule has 8 nitrogen and oxygen atoms in total. The quantitative estimate of drug-likeness (QED) is 0.777. The fourth-order valence-corrected chi connectivity index (χ4v) is 4.87. The summed E-state index contributed by atoms with van der Waals surface area (Å²) in [5.74, 6) is 0. The molecule has 3 atom stereocenters. The number of hydrogen-bond donors (Lipinski definition) is 1. The van der Waals surface area contributed by atoms with E-state index in [1.807, 2.05) is 0 Å². The van der Waals surface area contributed by atoms with Gasteiger partial charge in [0.25, 0.3) is 0 Å². The highest BCUT2D eigenvalue weighted by Gasteiger charge is 2.44. The van der Waals surface area contributed by atoms with Crippen LogP contribution < -0.4 is 0 Å². The predicted molar refractivity (Wildman–Crippen MR) is 93.3 cm³/mol. The molecule has 136 valence electrons. The Balaban J connectivity index is 1.90. The van der Waals surface area contributed by atoms with Crippen LogP contribution >= 0.6 is 11.3 Å². The average molecular weight is 385 g/mol. The number of imidazole rings is 1. The van der Waals surface area contributed by atoms with Crippen molar-refractivity contribution in [3.8, 4) is 0 Å². The van der Waals surface area contributed by atoms with Gasteiger partial charge in [-0.15, -0.1) is 11.3 Å². The summed E-state index contributed by atoms with van der Waals surface area (Å²) in [7, 11) is -3.35. The molecule has 25 heavy (non-hydrogen) atoms. The molecule has 1 N–H and O–H groups in total. The van der Waals surface area contributed by atoms with Gasteiger partial charge in [0.1, 0.15) is 23.9 Å². The van der Waals surface area contributed by atoms with Crippen LogP contribution in [-0.2, 0) is 14.6 Å². The number of rotatable bonds is 5. The molecule has 0 radical (unpaired) electrons. The first-order chi connectivity index (χ1) is 11.8. The van der Waals surface area contributed by atoms with Crippen LogP contribution in [0.5, 0.6) is 0 Å². The Bertz CT molecular complexity index is 888. The Labute approximate surface area is 149 Å². The van der Waals surface area contributed by atoms with Gasteiger partial charge in [-0.3, -0.25) is 4.40 Å². The molecule has 1 aliphatic heterocycles. The van der Waals surface area contributed by atoms with Gasteiger partial charge in [0, 0.05) is 18.2 Å². The Hall–Kier alpha value is -1.91. The molecule has 3 heterocycles. The standard InChI is InChI=1S/C15H19N3O5S2/c1-3-4-23-15(20)17-7-10(25(2,21)22)5-11(17)14(19)12-8-24-13-6-16-9-18(12)13/h3,6,8-11,14,19H,1,4-5,7H2,2H3/t10-,11+,14?/m1/s1. The van der Waals surface area contributed by atoms with Gasteiger partial charge in [-0.2, -0.15) is 0 Å². The van der Waals surface area contributed by atoms with Gasteiger partial charge in [0.15, 0.2) is 9.84 Å². The lowest BCUT2D eigenvalue weighted by atomic mass is 10.1. The monoisotopic (exact) mass is 385 g/mol. The molecule has 1 unspecified atom stereocenters. The van der Waals surface area contributed by atoms with E-state index in [0.29, 0.717) is 5.69 Å². The number of sulfone groups is 1. The van der Waals surface area contributed by atoms with Crippen molar-refractivity contribution in [1.82, 2.24) is 14.3 Å². The van der Waals surface area contributed by atoms with Crippen molar-refractivity contribution < 1.29 is 23.1 Å². The topological polar surface area (TPSA) is 101 Å². The number of carbonyl (C=O) groups is 1. The van der Waals surface area contributed by atoms with Gasteiger partial charge in [-0.25, -0.2) is 18.2 Å². The lowest BCUT2D eigenvalue weighted by Crippen LogP contribution is -2.40. The SMILES string of the molecule is C=CCOC(=O)N1C[C@H](S(C)(=O)=O)C[C@H]1C(O)c1csc2cncn12. The lowest BCUT2D eigenvalue weighted by Gasteiger charge is -2.27. The minimum atomic E-state index is -3.35. The molecule has 1 saturated heterocycles. The molecule has 10 heteroatoms. The largest absolute Gasteiger partial charge is 0.445 e. The number of amides is 1. The first kappa shape index (κ1) is 17.9. The third-order valence-electron chi connectivity index (χ3n) is 4.32. The molecule has 0 aliphatic carbocycles. The highest BCUT2D eigenvalue weighted by atomic mass is 32.2. The van der Waals surface area contributed by atoms with Crippen LogP contribution in [0.25, 0.3) is 4.83 Å². The molecule has 1 aliphatic rings. The summed E-state index contributed by atoms with van der Waals surface area (Å²) in [4.78, 5) is 18.5. The molecule has 2 aromatic heterocycles. The van der Waals surface area contributed by atoms with E-state index in [1.165, 1.54) is 22.3 Å². The zero-order valence-electron chi connectivity index (χ0n) is 13.6. The van der Waals surface area contributed by atoms with Crippen molar-refractivity contribution in [2.45, 2.75) is 23.8 Å². The second kappa shape index (κ2) is 6.77. The van der Waals surface area contributed by atoms with Gasteiger partial charge < -0.3 is 14.7 Å². The van der Waals surface area contributed by atoms with Crippen LogP contribution in [-0.4, -0.2) is 64.6 Å². The van der Waals surface area contributed by atoms with E-state index in [1.54, 1.807) is 22.3 Å². The molecule has 0 spiro atoms. The van der Waals surface area contributed by atoms with Crippen molar-refractivity contribution in [3.63, 3.8) is 0 Å². The zero-order valence-corrected chi connectivity index (χ0v) is 15.2. The van der Waals surface area contributed by atoms with Crippen LogP contribution in [0.15, 0.2) is 30.6 Å². The summed E-state index contributed by atoms with van der Waals surface area (Å²) in [6.07, 6.45) is 4.26. The van der Waals surface area contributed by atoms with E-state index >= 15 is 0 Å². The molecule has 0 bridgehead atoms. The summed E-state index contributed by atoms with van der Waals surface area (Å²) in [6.45, 7) is 3.50. The third-order valence-corrected chi connectivity index (χ3v) is 6.78. The predicted octanol–water partition coefficient (Wildman–Crippen LogP) is 1.24. The van der Waals surface area contributed by atoms with E-state index in [2.05, 4.69) is 11.6 Å². The number of nitrogens with zero attached hydrogens (tertiary/aromatic N) is 3. The molecule has 0 aromatic carbocycles. The number of hydrogen-bond acceptors (Lipinski definition) is 7. The molecule has 3 rings (SSSR count). The van der Waals surface area contributed by atoms with Gasteiger partial charge >= 0.3 is 6.09 Å². The summed E-state index contributed by atoms with van der Waals surface area (Å²) >= 11 is 1.41. The maximum absolute atomic E-state index is 12.3. The molecular weight excluding hydrogens is 366 g/mol. The number of fused-ring (bicyclic) bond motifs is 1. The van der Waals surface area contributed by atoms with Crippen molar-refractivity contribution >= 4 is 32.1 Å². The first-order valence-electron chi connectivity index (χ1n) is 7.63. The number of aromatic nitrogens is 2. The van der Waals surface area contributed by atoms with Gasteiger partial charge in [-0.1, -0.05) is 12.7 Å². The van der Waals surface area contributed by atoms with E-state index in [-0.39, 0.29) is 19.6 Å². The number of carbonyl (C=O) groups excluding carboxylic acids is 1. The summed E-state index contributed by atoms with van der Waals surface area (Å²) in [5.41, 5.74) is 0.568. The smallest absolute Gasteiger partial charge is 0.410 e. The number of aliphatic hydroxyl groups is 1. The van der Waals surface area contributed by atoms with E-state index in [4.69, 9.17) is 4.74 Å². The Kier molecular flexibility index (Phi) is 4.85. The van der Waals surface area contributed by atoms with Gasteiger partial charge in [0.2, 0.25) is 0 Å². The maximum atomic E-state index is 12.3. The Morgan fingerprint density at radius 3 is 3.08 bits per heavy atom. The van der Waals surface area contributed by atoms with Crippen molar-refractivity contribution in [2.24, 2.45) is 0 Å². The highest BCUT2D eigenvalue weighted by Crippen LogP contribution is 2.34. The highest BCUT2D eigenvalue weighted by molar-refractivity contribution is 7.91. The van der Waals surface area contributed by atoms with E-state index in [0.717, 1.165) is 11.1 Å². The third kappa shape index (κ3) is 3.42. The van der Waals surface area contributed by atoms with E-state index in [9.17, 15) is 18.3 Å². The summed E-state index contributed by atoms with van der Waals surface area (Å²) in [6, 6.07) is -0.697. The van der Waals surface area contributed by atoms with Crippen LogP contribution in [0, 0.1) is 0 Å². The minimum Gasteiger partial charge on any atom is -0.445 e. The summed E-state index contributed by atoms with van der Waals surface area (Å²) in [5, 5.41) is 11.9. The number of ether oxygens (including phenoxy) is 1. The van der Waals surface area contributed by atoms with Gasteiger partial charge in [-0.05, 0) is 6.42 Å². The second-order valence-corrected chi connectivity index (χ2v) is 9.20. The number of aliphatic hydroxyl groups excluding tert-OH is 1. The molecule has 1 fully saturated rings. The molecular formula is C15H19N3O5S2. The fourth-order valence-electron chi connectivity index (χ4n) is 3.01. The number of likely N-dealkylation sites (tertiary alicyclic amines) is 1. The van der Waals surface area contributed by atoms with Crippen LogP contribution in [0.3, 0.4) is 0 Å². The molecule has 1 amide bonds. The average Bonchev–Trinajstić information content (AvgIpc) is 3.24. The summed E-state index contributed by atoms with van der Waals surface area (Å²) < 4.78 is 30.7. The van der Waals surface area contributed by atoms with Crippen LogP contribution in [0.1, 0.15) is 18.2 Å². The zero-order chi connectivity index (χ0) is 18.2.